The molecule has 1 fully saturated rings. The maximum atomic E-state index is 13.2. The third-order valence-electron chi connectivity index (χ3n) is 4.43. The van der Waals surface area contributed by atoms with Gasteiger partial charge in [-0.25, -0.2) is 8.78 Å². The lowest BCUT2D eigenvalue weighted by Gasteiger charge is -2.38. The molecule has 2 aromatic rings. The number of carbonyl (C=O) groups excluding carboxylic acids is 1. The Balaban J connectivity index is 1.51. The number of nitrogens with zero attached hydrogens (tertiary/aromatic N) is 1. The van der Waals surface area contributed by atoms with Crippen molar-refractivity contribution < 1.29 is 23.4 Å². The molecule has 2 N–H and O–H groups in total. The molecule has 0 aliphatic carbocycles. The number of halogens is 2. The summed E-state index contributed by atoms with van der Waals surface area (Å²) >= 11 is 0. The highest BCUT2D eigenvalue weighted by Crippen LogP contribution is 2.23. The van der Waals surface area contributed by atoms with Crippen molar-refractivity contribution in [1.29, 1.82) is 0 Å². The maximum absolute atomic E-state index is 13.2. The fourth-order valence-electron chi connectivity index (χ4n) is 3.18. The number of hydrogen-bond donors (Lipinski definition) is 2. The average Bonchev–Trinajstić information content (AvgIpc) is 2.61. The van der Waals surface area contributed by atoms with Crippen LogP contribution in [-0.2, 0) is 4.79 Å². The Labute approximate surface area is 156 Å². The van der Waals surface area contributed by atoms with Crippen LogP contribution in [0.3, 0.4) is 0 Å². The minimum absolute atomic E-state index is 0.0562. The van der Waals surface area contributed by atoms with Crippen molar-refractivity contribution in [3.8, 4) is 5.75 Å². The Hall–Kier alpha value is -2.51. The third kappa shape index (κ3) is 5.74. The number of likely N-dealkylation sites (tertiary alicyclic amines) is 1. The van der Waals surface area contributed by atoms with Gasteiger partial charge in [-0.05, 0) is 61.9 Å². The Bertz CT molecular complexity index is 785. The number of anilines is 1. The average molecular weight is 376 g/mol. The zero-order valence-electron chi connectivity index (χ0n) is 14.8. The van der Waals surface area contributed by atoms with Gasteiger partial charge in [0.1, 0.15) is 29.6 Å². The van der Waals surface area contributed by atoms with Crippen molar-refractivity contribution >= 4 is 11.6 Å². The summed E-state index contributed by atoms with van der Waals surface area (Å²) in [5.41, 5.74) is -0.696. The van der Waals surface area contributed by atoms with Crippen molar-refractivity contribution in [3.63, 3.8) is 0 Å². The van der Waals surface area contributed by atoms with Gasteiger partial charge in [-0.1, -0.05) is 6.07 Å². The van der Waals surface area contributed by atoms with E-state index in [1.165, 1.54) is 42.5 Å². The topological polar surface area (TPSA) is 61.8 Å². The van der Waals surface area contributed by atoms with Gasteiger partial charge in [0.15, 0.2) is 0 Å². The smallest absolute Gasteiger partial charge is 0.238 e. The van der Waals surface area contributed by atoms with Crippen LogP contribution in [0.2, 0.25) is 0 Å². The van der Waals surface area contributed by atoms with Gasteiger partial charge in [0.2, 0.25) is 5.91 Å². The summed E-state index contributed by atoms with van der Waals surface area (Å²) in [4.78, 5) is 14.0. The first-order chi connectivity index (χ1) is 12.9. The SMILES string of the molecule is O=C(CN1CCCC(O)(COc2ccc(F)cc2)C1)Nc1cccc(F)c1. The van der Waals surface area contributed by atoms with Crippen LogP contribution in [0.5, 0.6) is 5.75 Å². The Morgan fingerprint density at radius 1 is 1.19 bits per heavy atom. The lowest BCUT2D eigenvalue weighted by molar-refractivity contribution is -0.119. The molecule has 1 unspecified atom stereocenters. The van der Waals surface area contributed by atoms with Crippen LogP contribution in [-0.4, -0.2) is 47.8 Å². The molecule has 1 aliphatic heterocycles. The first-order valence-corrected chi connectivity index (χ1v) is 8.80. The molecule has 1 aliphatic rings. The van der Waals surface area contributed by atoms with E-state index in [2.05, 4.69) is 5.32 Å². The largest absolute Gasteiger partial charge is 0.491 e. The fourth-order valence-corrected chi connectivity index (χ4v) is 3.18. The highest BCUT2D eigenvalue weighted by Gasteiger charge is 2.34. The number of hydrogen-bond acceptors (Lipinski definition) is 4. The number of rotatable bonds is 6. The Morgan fingerprint density at radius 3 is 2.70 bits per heavy atom. The molecule has 1 heterocycles. The number of amides is 1. The van der Waals surface area contributed by atoms with E-state index in [4.69, 9.17) is 4.74 Å². The van der Waals surface area contributed by atoms with Gasteiger partial charge in [-0.2, -0.15) is 0 Å². The predicted molar refractivity (Wildman–Crippen MR) is 97.5 cm³/mol. The molecular formula is C20H22F2N2O3. The van der Waals surface area contributed by atoms with Gasteiger partial charge in [0.05, 0.1) is 6.54 Å². The van der Waals surface area contributed by atoms with E-state index in [1.54, 1.807) is 6.07 Å². The van der Waals surface area contributed by atoms with Crippen LogP contribution in [0, 0.1) is 11.6 Å². The molecule has 1 atom stereocenters. The van der Waals surface area contributed by atoms with E-state index in [1.807, 2.05) is 4.90 Å². The van der Waals surface area contributed by atoms with Crippen LogP contribution in [0.1, 0.15) is 12.8 Å². The standard InChI is InChI=1S/C20H22F2N2O3/c21-15-5-7-18(8-6-15)27-14-20(26)9-2-10-24(13-20)12-19(25)23-17-4-1-3-16(22)11-17/h1,3-8,11,26H,2,9-10,12-14H2,(H,23,25). The van der Waals surface area contributed by atoms with Gasteiger partial charge in [-0.3, -0.25) is 9.69 Å². The number of nitrogens with one attached hydrogen (secondary N) is 1. The molecular weight excluding hydrogens is 354 g/mol. The highest BCUT2D eigenvalue weighted by atomic mass is 19.1. The molecule has 144 valence electrons. The zero-order chi connectivity index (χ0) is 19.3. The number of aliphatic hydroxyl groups is 1. The number of benzene rings is 2. The minimum Gasteiger partial charge on any atom is -0.491 e. The molecule has 7 heteroatoms. The van der Waals surface area contributed by atoms with Crippen LogP contribution in [0.4, 0.5) is 14.5 Å². The maximum Gasteiger partial charge on any atom is 0.238 e. The zero-order valence-corrected chi connectivity index (χ0v) is 14.8. The van der Waals surface area contributed by atoms with Crippen molar-refractivity contribution in [2.75, 3.05) is 31.6 Å². The lowest BCUT2D eigenvalue weighted by Crippen LogP contribution is -2.53. The molecule has 5 nitrogen and oxygen atoms in total. The van der Waals surface area contributed by atoms with E-state index < -0.39 is 11.4 Å². The second-order valence-corrected chi connectivity index (χ2v) is 6.84. The molecule has 1 saturated heterocycles. The summed E-state index contributed by atoms with van der Waals surface area (Å²) in [6.07, 6.45) is 1.27. The van der Waals surface area contributed by atoms with E-state index in [9.17, 15) is 18.7 Å². The van der Waals surface area contributed by atoms with Crippen LogP contribution in [0.15, 0.2) is 48.5 Å². The van der Waals surface area contributed by atoms with Crippen molar-refractivity contribution in [1.82, 2.24) is 4.90 Å². The first-order valence-electron chi connectivity index (χ1n) is 8.80. The Kier molecular flexibility index (Phi) is 6.03. The molecule has 27 heavy (non-hydrogen) atoms. The van der Waals surface area contributed by atoms with Crippen molar-refractivity contribution in [2.45, 2.75) is 18.4 Å². The molecule has 0 radical (unpaired) electrons. The number of piperidine rings is 1. The predicted octanol–water partition coefficient (Wildman–Crippen LogP) is 2.81. The van der Waals surface area contributed by atoms with Gasteiger partial charge >= 0.3 is 0 Å². The van der Waals surface area contributed by atoms with Crippen LogP contribution >= 0.6 is 0 Å². The summed E-state index contributed by atoms with van der Waals surface area (Å²) < 4.78 is 31.7. The molecule has 0 bridgehead atoms. The molecule has 0 aromatic heterocycles. The van der Waals surface area contributed by atoms with E-state index in [-0.39, 0.29) is 31.4 Å². The van der Waals surface area contributed by atoms with E-state index in [0.29, 0.717) is 24.4 Å². The minimum atomic E-state index is -1.09. The summed E-state index contributed by atoms with van der Waals surface area (Å²) in [5, 5.41) is 13.4. The second kappa shape index (κ2) is 8.45. The van der Waals surface area contributed by atoms with Crippen molar-refractivity contribution in [3.05, 3.63) is 60.2 Å². The normalized spacial score (nSPS) is 20.3. The first kappa shape index (κ1) is 19.3. The molecule has 1 amide bonds. The van der Waals surface area contributed by atoms with Gasteiger partial charge in [-0.15, -0.1) is 0 Å². The molecule has 2 aromatic carbocycles. The number of ether oxygens (including phenoxy) is 1. The lowest BCUT2D eigenvalue weighted by atomic mass is 9.93. The summed E-state index contributed by atoms with van der Waals surface area (Å²) in [6, 6.07) is 11.3. The van der Waals surface area contributed by atoms with Crippen LogP contribution < -0.4 is 10.1 Å². The second-order valence-electron chi connectivity index (χ2n) is 6.84. The highest BCUT2D eigenvalue weighted by molar-refractivity contribution is 5.92. The van der Waals surface area contributed by atoms with Crippen molar-refractivity contribution in [2.24, 2.45) is 0 Å². The summed E-state index contributed by atoms with van der Waals surface area (Å²) in [6.45, 7) is 1.11. The summed E-state index contributed by atoms with van der Waals surface area (Å²) in [5.74, 6) is -0.567. The Morgan fingerprint density at radius 2 is 1.96 bits per heavy atom. The van der Waals surface area contributed by atoms with Gasteiger partial charge < -0.3 is 15.2 Å². The van der Waals surface area contributed by atoms with Gasteiger partial charge in [0, 0.05) is 12.2 Å². The summed E-state index contributed by atoms with van der Waals surface area (Å²) in [7, 11) is 0. The number of carbonyl (C=O) groups is 1. The fraction of sp³-hybridized carbons (Fsp3) is 0.350. The van der Waals surface area contributed by atoms with Crippen LogP contribution in [0.25, 0.3) is 0 Å². The monoisotopic (exact) mass is 376 g/mol. The molecule has 3 rings (SSSR count). The number of β-amino-alcohol motifs (C(OH)–C–C–N with tert-alkyl or cyclic N) is 1. The third-order valence-corrected chi connectivity index (χ3v) is 4.43. The van der Waals surface area contributed by atoms with E-state index >= 15 is 0 Å². The quantitative estimate of drug-likeness (QED) is 0.814. The van der Waals surface area contributed by atoms with E-state index in [0.717, 1.165) is 6.42 Å². The molecule has 0 spiro atoms. The molecule has 0 saturated carbocycles. The van der Waals surface area contributed by atoms with Gasteiger partial charge in [0.25, 0.3) is 0 Å².